The molecule has 5 heteroatoms. The summed E-state index contributed by atoms with van der Waals surface area (Å²) in [6, 6.07) is 78.9. The molecule has 0 N–H and O–H groups in total. The summed E-state index contributed by atoms with van der Waals surface area (Å²) in [6.07, 6.45) is 8.26. The first-order valence-corrected chi connectivity index (χ1v) is 23.5. The molecule has 0 unspecified atom stereocenters. The van der Waals surface area contributed by atoms with Gasteiger partial charge in [-0.15, -0.1) is 0 Å². The number of fused-ring (bicyclic) bond motifs is 12. The van der Waals surface area contributed by atoms with Gasteiger partial charge in [-0.2, -0.15) is 0 Å². The van der Waals surface area contributed by atoms with Crippen molar-refractivity contribution in [3.63, 3.8) is 0 Å². The lowest BCUT2D eigenvalue weighted by Gasteiger charge is -2.32. The second-order valence-electron chi connectivity index (χ2n) is 17.5. The second-order valence-corrected chi connectivity index (χ2v) is 17.5. The van der Waals surface area contributed by atoms with Crippen LogP contribution in [0.3, 0.4) is 0 Å². The standard InChI is InChI=1S/C64H45N5/c1-3-23-48-55(4-2)68(44-24-7-5-8-25-44)63-52-31-14-19-37-59(52)66(56-34-16-11-28-49(56)61(48)63)46-40-43(54-33-21-22-39-65-54)41-47(42-46)67-57-35-17-12-29-50(57)62-51-30-13-18-36-58(51)69(45-26-9-6-10-27-45)64(62)53-32-15-20-38-60(53)67/h3-42H,2H2,1H3/b23-3-. The van der Waals surface area contributed by atoms with E-state index in [0.29, 0.717) is 0 Å². The van der Waals surface area contributed by atoms with Gasteiger partial charge in [0.1, 0.15) is 0 Å². The SMILES string of the molecule is C=Cc1c(/C=C\C)c2c(n1-c1ccccc1)-c1ccccc1N(c1cc(-c3ccccn3)cc(N3c4ccccc4-c4c(n(-c5ccccc5)c5ccccc45)-c4ccccc43)c1)c1ccccc1-2. The van der Waals surface area contributed by atoms with Crippen molar-refractivity contribution in [2.45, 2.75) is 6.92 Å². The van der Waals surface area contributed by atoms with Gasteiger partial charge >= 0.3 is 0 Å². The van der Waals surface area contributed by atoms with Crippen molar-refractivity contribution in [1.29, 1.82) is 0 Å². The summed E-state index contributed by atoms with van der Waals surface area (Å²) in [5, 5.41) is 1.21. The minimum absolute atomic E-state index is 0.892. The Morgan fingerprint density at radius 3 is 1.48 bits per heavy atom. The Morgan fingerprint density at radius 1 is 0.435 bits per heavy atom. The topological polar surface area (TPSA) is 29.2 Å². The monoisotopic (exact) mass is 883 g/mol. The van der Waals surface area contributed by atoms with Crippen LogP contribution in [0, 0.1) is 0 Å². The molecule has 0 aliphatic carbocycles. The molecule has 0 bridgehead atoms. The molecule has 5 nitrogen and oxygen atoms in total. The molecule has 0 saturated carbocycles. The number of pyridine rings is 1. The summed E-state index contributed by atoms with van der Waals surface area (Å²) in [6.45, 7) is 6.49. The molecule has 0 amide bonds. The highest BCUT2D eigenvalue weighted by Crippen LogP contribution is 2.58. The smallest absolute Gasteiger partial charge is 0.0703 e. The Kier molecular flexibility index (Phi) is 9.48. The van der Waals surface area contributed by atoms with E-state index in [1.165, 1.54) is 16.5 Å². The molecule has 13 rings (SSSR count). The predicted octanol–water partition coefficient (Wildman–Crippen LogP) is 17.4. The van der Waals surface area contributed by atoms with Crippen LogP contribution in [-0.2, 0) is 0 Å². The van der Waals surface area contributed by atoms with E-state index in [2.05, 4.69) is 257 Å². The Labute approximate surface area is 402 Å². The van der Waals surface area contributed by atoms with Crippen molar-refractivity contribution in [3.05, 3.63) is 248 Å². The van der Waals surface area contributed by atoms with Crippen molar-refractivity contribution < 1.29 is 0 Å². The molecule has 2 aliphatic rings. The van der Waals surface area contributed by atoms with Crippen LogP contribution in [0.25, 0.3) is 90.5 Å². The number of benzene rings is 8. The zero-order valence-electron chi connectivity index (χ0n) is 38.0. The molecule has 326 valence electrons. The summed E-state index contributed by atoms with van der Waals surface area (Å²) in [4.78, 5) is 9.93. The molecular weight excluding hydrogens is 839 g/mol. The largest absolute Gasteiger partial charge is 0.309 e. The Balaban J connectivity index is 1.12. The first kappa shape index (κ1) is 40.1. The molecular formula is C64H45N5. The van der Waals surface area contributed by atoms with Crippen LogP contribution in [0.15, 0.2) is 237 Å². The average molecular weight is 884 g/mol. The number of rotatable bonds is 7. The lowest BCUT2D eigenvalue weighted by molar-refractivity contribution is 1.07. The molecule has 3 aromatic heterocycles. The predicted molar refractivity (Wildman–Crippen MR) is 289 cm³/mol. The summed E-state index contributed by atoms with van der Waals surface area (Å²) in [5.41, 5.74) is 23.0. The number of allylic oxidation sites excluding steroid dienone is 1. The number of nitrogens with zero attached hydrogens (tertiary/aromatic N) is 5. The van der Waals surface area contributed by atoms with Crippen LogP contribution >= 0.6 is 0 Å². The third-order valence-electron chi connectivity index (χ3n) is 13.7. The van der Waals surface area contributed by atoms with E-state index in [-0.39, 0.29) is 0 Å². The Hall–Kier alpha value is -9.19. The van der Waals surface area contributed by atoms with Crippen molar-refractivity contribution in [2.75, 3.05) is 9.80 Å². The molecule has 2 aliphatic heterocycles. The average Bonchev–Trinajstić information content (AvgIpc) is 3.84. The number of hydrogen-bond donors (Lipinski definition) is 0. The molecule has 11 aromatic rings. The number of para-hydroxylation sites is 7. The number of anilines is 6. The molecule has 69 heavy (non-hydrogen) atoms. The van der Waals surface area contributed by atoms with Crippen LogP contribution in [0.4, 0.5) is 34.1 Å². The maximum atomic E-state index is 5.00. The highest BCUT2D eigenvalue weighted by Gasteiger charge is 2.35. The van der Waals surface area contributed by atoms with Gasteiger partial charge in [-0.3, -0.25) is 4.98 Å². The van der Waals surface area contributed by atoms with Crippen molar-refractivity contribution in [1.82, 2.24) is 14.1 Å². The van der Waals surface area contributed by atoms with Gasteiger partial charge in [-0.05, 0) is 97.9 Å². The first-order valence-electron chi connectivity index (χ1n) is 23.5. The van der Waals surface area contributed by atoms with Crippen LogP contribution in [0.2, 0.25) is 0 Å². The third kappa shape index (κ3) is 6.21. The maximum absolute atomic E-state index is 5.00. The second kappa shape index (κ2) is 16.3. The molecule has 8 aromatic carbocycles. The minimum atomic E-state index is 0.892. The van der Waals surface area contributed by atoms with Crippen molar-refractivity contribution in [2.24, 2.45) is 0 Å². The molecule has 0 spiro atoms. The molecule has 0 radical (unpaired) electrons. The zero-order valence-corrected chi connectivity index (χ0v) is 38.0. The summed E-state index contributed by atoms with van der Waals surface area (Å²) in [7, 11) is 0. The molecule has 0 atom stereocenters. The first-order chi connectivity index (χ1) is 34.2. The van der Waals surface area contributed by atoms with E-state index in [0.717, 1.165) is 107 Å². The van der Waals surface area contributed by atoms with Gasteiger partial charge in [0.15, 0.2) is 0 Å². The van der Waals surface area contributed by atoms with Crippen LogP contribution < -0.4 is 9.80 Å². The maximum Gasteiger partial charge on any atom is 0.0703 e. The normalized spacial score (nSPS) is 12.4. The van der Waals surface area contributed by atoms with Crippen LogP contribution in [0.5, 0.6) is 0 Å². The highest BCUT2D eigenvalue weighted by molar-refractivity contribution is 6.13. The quantitative estimate of drug-likeness (QED) is 0.160. The van der Waals surface area contributed by atoms with E-state index in [1.54, 1.807) is 0 Å². The fourth-order valence-corrected chi connectivity index (χ4v) is 11.0. The minimum Gasteiger partial charge on any atom is -0.309 e. The summed E-state index contributed by atoms with van der Waals surface area (Å²) in [5.74, 6) is 0. The lowest BCUT2D eigenvalue weighted by Crippen LogP contribution is -2.15. The van der Waals surface area contributed by atoms with E-state index in [4.69, 9.17) is 4.98 Å². The van der Waals surface area contributed by atoms with Crippen molar-refractivity contribution in [3.8, 4) is 67.4 Å². The molecule has 5 heterocycles. The zero-order chi connectivity index (χ0) is 46.0. The van der Waals surface area contributed by atoms with Gasteiger partial charge in [0.25, 0.3) is 0 Å². The van der Waals surface area contributed by atoms with Crippen molar-refractivity contribution >= 4 is 57.2 Å². The molecule has 0 saturated heterocycles. The highest BCUT2D eigenvalue weighted by atomic mass is 15.2. The van der Waals surface area contributed by atoms with Gasteiger partial charge in [0.05, 0.1) is 51.0 Å². The Morgan fingerprint density at radius 2 is 0.913 bits per heavy atom. The number of hydrogen-bond acceptors (Lipinski definition) is 3. The van der Waals surface area contributed by atoms with Gasteiger partial charge in [-0.1, -0.05) is 152 Å². The molecule has 0 fully saturated rings. The lowest BCUT2D eigenvalue weighted by atomic mass is 9.96. The van der Waals surface area contributed by atoms with Crippen LogP contribution in [-0.4, -0.2) is 14.1 Å². The number of aromatic nitrogens is 3. The van der Waals surface area contributed by atoms with E-state index in [9.17, 15) is 0 Å². The Bertz CT molecular complexity index is 3820. The van der Waals surface area contributed by atoms with E-state index < -0.39 is 0 Å². The summed E-state index contributed by atoms with van der Waals surface area (Å²) < 4.78 is 4.84. The fraction of sp³-hybridized carbons (Fsp3) is 0.0156. The van der Waals surface area contributed by atoms with Gasteiger partial charge in [0, 0.05) is 78.8 Å². The van der Waals surface area contributed by atoms with Gasteiger partial charge < -0.3 is 18.9 Å². The third-order valence-corrected chi connectivity index (χ3v) is 13.7. The fourth-order valence-electron chi connectivity index (χ4n) is 11.0. The van der Waals surface area contributed by atoms with Gasteiger partial charge in [-0.25, -0.2) is 0 Å². The van der Waals surface area contributed by atoms with Gasteiger partial charge in [0.2, 0.25) is 0 Å². The van der Waals surface area contributed by atoms with E-state index in [1.807, 2.05) is 18.3 Å². The van der Waals surface area contributed by atoms with Crippen LogP contribution in [0.1, 0.15) is 18.2 Å². The summed E-state index contributed by atoms with van der Waals surface area (Å²) >= 11 is 0. The van der Waals surface area contributed by atoms with E-state index >= 15 is 0 Å².